The summed E-state index contributed by atoms with van der Waals surface area (Å²) in [5.41, 5.74) is 1.09. The van der Waals surface area contributed by atoms with E-state index >= 15 is 0 Å². The first-order chi connectivity index (χ1) is 10.3. The molecule has 0 saturated carbocycles. The lowest BCUT2D eigenvalue weighted by Gasteiger charge is -2.13. The molecular weight excluding hydrogens is 333 g/mol. The van der Waals surface area contributed by atoms with E-state index < -0.39 is 11.7 Å². The number of thiocarbonyl (C=S) groups is 1. The van der Waals surface area contributed by atoms with E-state index in [1.165, 1.54) is 12.1 Å². The van der Waals surface area contributed by atoms with Gasteiger partial charge < -0.3 is 10.6 Å². The van der Waals surface area contributed by atoms with Crippen LogP contribution in [0.15, 0.2) is 42.5 Å². The van der Waals surface area contributed by atoms with Crippen LogP contribution in [0, 0.1) is 6.92 Å². The van der Waals surface area contributed by atoms with E-state index in [2.05, 4.69) is 10.6 Å². The molecule has 2 aromatic rings. The van der Waals surface area contributed by atoms with Crippen molar-refractivity contribution < 1.29 is 13.2 Å². The number of nitrogens with one attached hydrogen (secondary N) is 2. The maximum absolute atomic E-state index is 12.6. The number of rotatable bonds is 2. The zero-order chi connectivity index (χ0) is 16.3. The van der Waals surface area contributed by atoms with Gasteiger partial charge in [-0.05, 0) is 55.0 Å². The van der Waals surface area contributed by atoms with Crippen molar-refractivity contribution in [3.8, 4) is 0 Å². The fraction of sp³-hybridized carbons (Fsp3) is 0.133. The molecule has 0 unspecified atom stereocenters. The Labute approximate surface area is 136 Å². The number of alkyl halides is 3. The zero-order valence-electron chi connectivity index (χ0n) is 11.5. The minimum atomic E-state index is -4.39. The molecule has 0 heterocycles. The summed E-state index contributed by atoms with van der Waals surface area (Å²) < 4.78 is 37.9. The molecule has 0 radical (unpaired) electrons. The Kier molecular flexibility index (Phi) is 4.93. The van der Waals surface area contributed by atoms with E-state index in [4.69, 9.17) is 23.8 Å². The summed E-state index contributed by atoms with van der Waals surface area (Å²) in [6.07, 6.45) is -4.39. The summed E-state index contributed by atoms with van der Waals surface area (Å²) >= 11 is 11.1. The minimum Gasteiger partial charge on any atom is -0.332 e. The average Bonchev–Trinajstić information content (AvgIpc) is 2.42. The lowest BCUT2D eigenvalue weighted by atomic mass is 10.2. The predicted molar refractivity (Wildman–Crippen MR) is 87.5 cm³/mol. The molecule has 0 aliphatic rings. The van der Waals surface area contributed by atoms with Crippen molar-refractivity contribution >= 4 is 40.3 Å². The molecule has 7 heteroatoms. The average molecular weight is 345 g/mol. The van der Waals surface area contributed by atoms with Crippen LogP contribution in [0.4, 0.5) is 24.5 Å². The van der Waals surface area contributed by atoms with Crippen LogP contribution in [-0.4, -0.2) is 5.11 Å². The van der Waals surface area contributed by atoms with Gasteiger partial charge in [0.25, 0.3) is 0 Å². The molecule has 2 rings (SSSR count). The van der Waals surface area contributed by atoms with E-state index in [-0.39, 0.29) is 10.8 Å². The van der Waals surface area contributed by atoms with Gasteiger partial charge in [0, 0.05) is 16.4 Å². The van der Waals surface area contributed by atoms with Gasteiger partial charge in [-0.3, -0.25) is 0 Å². The Morgan fingerprint density at radius 1 is 1.05 bits per heavy atom. The SMILES string of the molecule is Cc1ccc(NC(=S)Nc2cccc(C(F)(F)F)c2)cc1Cl. The monoisotopic (exact) mass is 344 g/mol. The summed E-state index contributed by atoms with van der Waals surface area (Å²) in [5, 5.41) is 6.34. The fourth-order valence-electron chi connectivity index (χ4n) is 1.74. The van der Waals surface area contributed by atoms with Crippen molar-refractivity contribution in [2.24, 2.45) is 0 Å². The first-order valence-electron chi connectivity index (χ1n) is 6.27. The minimum absolute atomic E-state index is 0.180. The van der Waals surface area contributed by atoms with E-state index in [1.807, 2.05) is 13.0 Å². The molecule has 0 aliphatic carbocycles. The highest BCUT2D eigenvalue weighted by Gasteiger charge is 2.30. The largest absolute Gasteiger partial charge is 0.416 e. The molecule has 2 nitrogen and oxygen atoms in total. The number of benzene rings is 2. The Hall–Kier alpha value is -1.79. The molecule has 0 aliphatic heterocycles. The zero-order valence-corrected chi connectivity index (χ0v) is 13.0. The topological polar surface area (TPSA) is 24.1 Å². The fourth-order valence-corrected chi connectivity index (χ4v) is 2.15. The third-order valence-corrected chi connectivity index (χ3v) is 3.49. The maximum Gasteiger partial charge on any atom is 0.416 e. The highest BCUT2D eigenvalue weighted by molar-refractivity contribution is 7.80. The van der Waals surface area contributed by atoms with Crippen molar-refractivity contribution in [2.75, 3.05) is 10.6 Å². The van der Waals surface area contributed by atoms with E-state index in [9.17, 15) is 13.2 Å². The second-order valence-electron chi connectivity index (χ2n) is 4.62. The van der Waals surface area contributed by atoms with Gasteiger partial charge in [-0.15, -0.1) is 0 Å². The molecule has 0 saturated heterocycles. The molecule has 116 valence electrons. The van der Waals surface area contributed by atoms with Crippen molar-refractivity contribution in [1.82, 2.24) is 0 Å². The standard InChI is InChI=1S/C15H12ClF3N2S/c1-9-5-6-12(8-13(9)16)21-14(22)20-11-4-2-3-10(7-11)15(17,18)19/h2-8H,1H3,(H2,20,21,22). The van der Waals surface area contributed by atoms with Gasteiger partial charge in [-0.1, -0.05) is 23.7 Å². The Bertz CT molecular complexity index is 701. The first-order valence-corrected chi connectivity index (χ1v) is 7.06. The lowest BCUT2D eigenvalue weighted by Crippen LogP contribution is -2.19. The van der Waals surface area contributed by atoms with Gasteiger partial charge >= 0.3 is 6.18 Å². The van der Waals surface area contributed by atoms with Crippen LogP contribution in [-0.2, 0) is 6.18 Å². The van der Waals surface area contributed by atoms with Gasteiger partial charge in [-0.25, -0.2) is 0 Å². The number of halogens is 4. The maximum atomic E-state index is 12.6. The third-order valence-electron chi connectivity index (χ3n) is 2.88. The number of anilines is 2. The van der Waals surface area contributed by atoms with Crippen LogP contribution in [0.5, 0.6) is 0 Å². The summed E-state index contributed by atoms with van der Waals surface area (Å²) in [4.78, 5) is 0. The number of hydrogen-bond acceptors (Lipinski definition) is 1. The molecule has 2 aromatic carbocycles. The Morgan fingerprint density at radius 2 is 1.68 bits per heavy atom. The molecule has 2 N–H and O–H groups in total. The van der Waals surface area contributed by atoms with Crippen LogP contribution in [0.1, 0.15) is 11.1 Å². The van der Waals surface area contributed by atoms with Crippen LogP contribution in [0.3, 0.4) is 0 Å². The smallest absolute Gasteiger partial charge is 0.332 e. The highest BCUT2D eigenvalue weighted by atomic mass is 35.5. The summed E-state index contributed by atoms with van der Waals surface area (Å²) in [6, 6.07) is 10.1. The molecule has 22 heavy (non-hydrogen) atoms. The summed E-state index contributed by atoms with van der Waals surface area (Å²) in [6.45, 7) is 1.87. The quantitative estimate of drug-likeness (QED) is 0.706. The second-order valence-corrected chi connectivity index (χ2v) is 5.44. The third kappa shape index (κ3) is 4.35. The Balaban J connectivity index is 2.07. The summed E-state index contributed by atoms with van der Waals surface area (Å²) in [5.74, 6) is 0. The van der Waals surface area contributed by atoms with Crippen molar-refractivity contribution in [2.45, 2.75) is 13.1 Å². The van der Waals surface area contributed by atoms with Gasteiger partial charge in [0.1, 0.15) is 0 Å². The molecule has 0 spiro atoms. The number of hydrogen-bond donors (Lipinski definition) is 2. The van der Waals surface area contributed by atoms with Crippen LogP contribution in [0.25, 0.3) is 0 Å². The van der Waals surface area contributed by atoms with Crippen molar-refractivity contribution in [3.05, 3.63) is 58.6 Å². The molecule has 0 atom stereocenters. The van der Waals surface area contributed by atoms with E-state index in [1.54, 1.807) is 12.1 Å². The molecule has 0 fully saturated rings. The van der Waals surface area contributed by atoms with Gasteiger partial charge in [0.05, 0.1) is 5.56 Å². The predicted octanol–water partition coefficient (Wildman–Crippen LogP) is 5.48. The van der Waals surface area contributed by atoms with E-state index in [0.29, 0.717) is 10.7 Å². The lowest BCUT2D eigenvalue weighted by molar-refractivity contribution is -0.137. The van der Waals surface area contributed by atoms with E-state index in [0.717, 1.165) is 17.7 Å². The Morgan fingerprint density at radius 3 is 2.27 bits per heavy atom. The van der Waals surface area contributed by atoms with Crippen molar-refractivity contribution in [1.29, 1.82) is 0 Å². The molecule has 0 amide bonds. The van der Waals surface area contributed by atoms with Crippen molar-refractivity contribution in [3.63, 3.8) is 0 Å². The van der Waals surface area contributed by atoms with Gasteiger partial charge in [0.15, 0.2) is 5.11 Å². The van der Waals surface area contributed by atoms with Gasteiger partial charge in [0.2, 0.25) is 0 Å². The first kappa shape index (κ1) is 16.6. The van der Waals surface area contributed by atoms with Gasteiger partial charge in [-0.2, -0.15) is 13.2 Å². The normalized spacial score (nSPS) is 11.1. The molecular formula is C15H12ClF3N2S. The highest BCUT2D eigenvalue weighted by Crippen LogP contribution is 2.30. The van der Waals surface area contributed by atoms with Crippen LogP contribution in [0.2, 0.25) is 5.02 Å². The second kappa shape index (κ2) is 6.54. The summed E-state index contributed by atoms with van der Waals surface area (Å²) in [7, 11) is 0. The molecule has 0 bridgehead atoms. The molecule has 0 aromatic heterocycles. The van der Waals surface area contributed by atoms with Crippen LogP contribution >= 0.6 is 23.8 Å². The number of aryl methyl sites for hydroxylation is 1. The van der Waals surface area contributed by atoms with Crippen LogP contribution < -0.4 is 10.6 Å².